The Bertz CT molecular complexity index is 354. The summed E-state index contributed by atoms with van der Waals surface area (Å²) in [6.07, 6.45) is 1.87. The van der Waals surface area contributed by atoms with E-state index in [1.807, 2.05) is 0 Å². The summed E-state index contributed by atoms with van der Waals surface area (Å²) in [5, 5.41) is 9.01. The summed E-state index contributed by atoms with van der Waals surface area (Å²) in [5.41, 5.74) is 0. The number of ether oxygens (including phenoxy) is 1. The Morgan fingerprint density at radius 3 is 2.76 bits per heavy atom. The molecule has 0 aliphatic carbocycles. The summed E-state index contributed by atoms with van der Waals surface area (Å²) in [6, 6.07) is -0.907. The summed E-state index contributed by atoms with van der Waals surface area (Å²) in [4.78, 5) is 11.0. The standard InChI is InChI=1S/C10H19NO5S/c1-2-16-7-8-17(14,15)11-6-4-3-5-9(11)10(12)13/h9H,2-8H2,1H3,(H,12,13). The van der Waals surface area contributed by atoms with Crippen molar-refractivity contribution in [2.75, 3.05) is 25.5 Å². The summed E-state index contributed by atoms with van der Waals surface area (Å²) in [5.74, 6) is -1.21. The second-order valence-electron chi connectivity index (χ2n) is 3.97. The molecular formula is C10H19NO5S. The largest absolute Gasteiger partial charge is 0.480 e. The van der Waals surface area contributed by atoms with Crippen molar-refractivity contribution in [1.82, 2.24) is 4.31 Å². The number of aliphatic carboxylic acids is 1. The van der Waals surface area contributed by atoms with E-state index >= 15 is 0 Å². The topological polar surface area (TPSA) is 83.9 Å². The van der Waals surface area contributed by atoms with Crippen LogP contribution in [0.2, 0.25) is 0 Å². The monoisotopic (exact) mass is 265 g/mol. The van der Waals surface area contributed by atoms with Gasteiger partial charge in [0.05, 0.1) is 12.4 Å². The maximum atomic E-state index is 12.0. The number of hydrogen-bond acceptors (Lipinski definition) is 4. The van der Waals surface area contributed by atoms with Gasteiger partial charge < -0.3 is 9.84 Å². The molecule has 0 radical (unpaired) electrons. The SMILES string of the molecule is CCOCCS(=O)(=O)N1CCCCC1C(=O)O. The number of carboxylic acids is 1. The van der Waals surface area contributed by atoms with Gasteiger partial charge in [0.1, 0.15) is 6.04 Å². The molecule has 1 aliphatic rings. The van der Waals surface area contributed by atoms with Crippen molar-refractivity contribution in [3.63, 3.8) is 0 Å². The molecule has 1 aliphatic heterocycles. The van der Waals surface area contributed by atoms with Crippen molar-refractivity contribution < 1.29 is 23.1 Å². The van der Waals surface area contributed by atoms with Crippen LogP contribution in [0.15, 0.2) is 0 Å². The summed E-state index contributed by atoms with van der Waals surface area (Å²) >= 11 is 0. The van der Waals surface area contributed by atoms with E-state index < -0.39 is 22.0 Å². The van der Waals surface area contributed by atoms with Gasteiger partial charge in [-0.2, -0.15) is 4.31 Å². The average Bonchev–Trinajstić information content (AvgIpc) is 2.29. The van der Waals surface area contributed by atoms with E-state index in [1.165, 1.54) is 0 Å². The second-order valence-corrected chi connectivity index (χ2v) is 6.01. The Labute approximate surface area is 102 Å². The molecule has 0 aromatic carbocycles. The normalized spacial score (nSPS) is 22.5. The van der Waals surface area contributed by atoms with Gasteiger partial charge in [0, 0.05) is 13.2 Å². The number of rotatable bonds is 6. The van der Waals surface area contributed by atoms with Gasteiger partial charge in [-0.05, 0) is 26.2 Å². The molecule has 1 heterocycles. The first-order chi connectivity index (χ1) is 7.99. The maximum Gasteiger partial charge on any atom is 0.322 e. The minimum Gasteiger partial charge on any atom is -0.480 e. The van der Waals surface area contributed by atoms with Crippen LogP contribution in [0.3, 0.4) is 0 Å². The number of hydrogen-bond donors (Lipinski definition) is 1. The van der Waals surface area contributed by atoms with Crippen LogP contribution >= 0.6 is 0 Å². The number of carboxylic acid groups (broad SMARTS) is 1. The van der Waals surface area contributed by atoms with Crippen molar-refractivity contribution >= 4 is 16.0 Å². The maximum absolute atomic E-state index is 12.0. The van der Waals surface area contributed by atoms with E-state index in [9.17, 15) is 13.2 Å². The van der Waals surface area contributed by atoms with Crippen LogP contribution in [-0.2, 0) is 19.6 Å². The zero-order valence-corrected chi connectivity index (χ0v) is 10.8. The Hall–Kier alpha value is -0.660. The smallest absolute Gasteiger partial charge is 0.322 e. The van der Waals surface area contributed by atoms with Gasteiger partial charge in [0.15, 0.2) is 0 Å². The summed E-state index contributed by atoms with van der Waals surface area (Å²) in [7, 11) is -3.52. The van der Waals surface area contributed by atoms with Gasteiger partial charge in [0.2, 0.25) is 10.0 Å². The molecule has 1 atom stereocenters. The van der Waals surface area contributed by atoms with Gasteiger partial charge in [-0.25, -0.2) is 8.42 Å². The fourth-order valence-corrected chi connectivity index (χ4v) is 3.46. The molecule has 1 N–H and O–H groups in total. The lowest BCUT2D eigenvalue weighted by Gasteiger charge is -2.31. The van der Waals surface area contributed by atoms with Gasteiger partial charge in [-0.1, -0.05) is 0 Å². The summed E-state index contributed by atoms with van der Waals surface area (Å²) < 4.78 is 30.0. The number of piperidine rings is 1. The average molecular weight is 265 g/mol. The van der Waals surface area contributed by atoms with Gasteiger partial charge in [0.25, 0.3) is 0 Å². The number of nitrogens with zero attached hydrogens (tertiary/aromatic N) is 1. The third-order valence-corrected chi connectivity index (χ3v) is 4.62. The molecule has 1 rings (SSSR count). The van der Waals surface area contributed by atoms with Crippen LogP contribution in [0.4, 0.5) is 0 Å². The van der Waals surface area contributed by atoms with Crippen LogP contribution in [0.1, 0.15) is 26.2 Å². The molecule has 100 valence electrons. The first-order valence-corrected chi connectivity index (χ1v) is 7.40. The molecule has 0 amide bonds. The van der Waals surface area contributed by atoms with Crippen LogP contribution in [-0.4, -0.2) is 55.4 Å². The zero-order valence-electron chi connectivity index (χ0n) is 9.96. The van der Waals surface area contributed by atoms with Crippen molar-refractivity contribution in [3.8, 4) is 0 Å². The molecular weight excluding hydrogens is 246 g/mol. The number of sulfonamides is 1. The molecule has 1 fully saturated rings. The quantitative estimate of drug-likeness (QED) is 0.698. The van der Waals surface area contributed by atoms with Crippen molar-refractivity contribution in [2.45, 2.75) is 32.2 Å². The molecule has 0 spiro atoms. The molecule has 0 aromatic rings. The Morgan fingerprint density at radius 1 is 1.47 bits per heavy atom. The molecule has 0 bridgehead atoms. The minimum atomic E-state index is -3.52. The molecule has 1 saturated heterocycles. The summed E-state index contributed by atoms with van der Waals surface area (Å²) in [6.45, 7) is 2.65. The first-order valence-electron chi connectivity index (χ1n) is 5.79. The van der Waals surface area contributed by atoms with E-state index in [0.717, 1.165) is 17.1 Å². The van der Waals surface area contributed by atoms with Crippen molar-refractivity contribution in [3.05, 3.63) is 0 Å². The Balaban J connectivity index is 2.69. The van der Waals surface area contributed by atoms with Crippen LogP contribution in [0.5, 0.6) is 0 Å². The van der Waals surface area contributed by atoms with E-state index in [4.69, 9.17) is 9.84 Å². The van der Waals surface area contributed by atoms with Crippen LogP contribution in [0.25, 0.3) is 0 Å². The first kappa shape index (κ1) is 14.4. The lowest BCUT2D eigenvalue weighted by atomic mass is 10.1. The van der Waals surface area contributed by atoms with Crippen molar-refractivity contribution in [1.29, 1.82) is 0 Å². The zero-order chi connectivity index (χ0) is 12.9. The molecule has 0 saturated carbocycles. The predicted molar refractivity (Wildman–Crippen MR) is 62.3 cm³/mol. The highest BCUT2D eigenvalue weighted by Gasteiger charge is 2.36. The van der Waals surface area contributed by atoms with Gasteiger partial charge in [-0.3, -0.25) is 4.79 Å². The molecule has 17 heavy (non-hydrogen) atoms. The highest BCUT2D eigenvalue weighted by Crippen LogP contribution is 2.20. The Kier molecular flexibility index (Phi) is 5.35. The van der Waals surface area contributed by atoms with Crippen LogP contribution < -0.4 is 0 Å². The minimum absolute atomic E-state index is 0.113. The van der Waals surface area contributed by atoms with Crippen molar-refractivity contribution in [2.24, 2.45) is 0 Å². The lowest BCUT2D eigenvalue weighted by molar-refractivity contribution is -0.142. The van der Waals surface area contributed by atoms with Crippen LogP contribution in [0, 0.1) is 0 Å². The molecule has 1 unspecified atom stereocenters. The third kappa shape index (κ3) is 3.93. The lowest BCUT2D eigenvalue weighted by Crippen LogP contribution is -2.49. The Morgan fingerprint density at radius 2 is 2.18 bits per heavy atom. The van der Waals surface area contributed by atoms with Gasteiger partial charge in [-0.15, -0.1) is 0 Å². The van der Waals surface area contributed by atoms with E-state index in [1.54, 1.807) is 6.92 Å². The fourth-order valence-electron chi connectivity index (χ4n) is 1.91. The molecule has 7 heteroatoms. The highest BCUT2D eigenvalue weighted by molar-refractivity contribution is 7.89. The van der Waals surface area contributed by atoms with E-state index in [0.29, 0.717) is 19.6 Å². The molecule has 0 aromatic heterocycles. The molecule has 6 nitrogen and oxygen atoms in total. The highest BCUT2D eigenvalue weighted by atomic mass is 32.2. The van der Waals surface area contributed by atoms with E-state index in [-0.39, 0.29) is 12.4 Å². The fraction of sp³-hybridized carbons (Fsp3) is 0.900. The van der Waals surface area contributed by atoms with E-state index in [2.05, 4.69) is 0 Å². The van der Waals surface area contributed by atoms with Gasteiger partial charge >= 0.3 is 5.97 Å². The third-order valence-electron chi connectivity index (χ3n) is 2.79. The second kappa shape index (κ2) is 6.32. The predicted octanol–water partition coefficient (Wildman–Crippen LogP) is 0.292. The number of carbonyl (C=O) groups is 1.